The van der Waals surface area contributed by atoms with E-state index in [1.54, 1.807) is 12.1 Å². The first-order valence-corrected chi connectivity index (χ1v) is 6.92. The van der Waals surface area contributed by atoms with Crippen LogP contribution in [0.2, 0.25) is 0 Å². The van der Waals surface area contributed by atoms with Crippen LogP contribution in [0.3, 0.4) is 0 Å². The quantitative estimate of drug-likeness (QED) is 0.844. The first-order valence-electron chi connectivity index (χ1n) is 6.92. The molecule has 3 rings (SSSR count). The standard InChI is InChI=1S/C15H19NO3/c16-12(10-2-3-10)9-13(17)11-4-5-14-15(8-11)19-7-1-6-18-14/h4-5,8,10,12H,1-3,6-7,9,16H2. The van der Waals surface area contributed by atoms with Gasteiger partial charge in [-0.05, 0) is 37.0 Å². The third-order valence-corrected chi connectivity index (χ3v) is 3.72. The first kappa shape index (κ1) is 12.5. The second kappa shape index (κ2) is 5.21. The van der Waals surface area contributed by atoms with Crippen molar-refractivity contribution in [3.8, 4) is 11.5 Å². The SMILES string of the molecule is NC(CC(=O)c1ccc2c(c1)OCCCO2)C1CC1. The zero-order valence-electron chi connectivity index (χ0n) is 10.9. The monoisotopic (exact) mass is 261 g/mol. The minimum absolute atomic E-state index is 0.00322. The minimum Gasteiger partial charge on any atom is -0.490 e. The molecule has 0 spiro atoms. The Balaban J connectivity index is 1.73. The van der Waals surface area contributed by atoms with Crippen molar-refractivity contribution in [2.45, 2.75) is 31.7 Å². The van der Waals surface area contributed by atoms with Crippen LogP contribution in [-0.2, 0) is 0 Å². The number of hydrogen-bond donors (Lipinski definition) is 1. The Labute approximate surface area is 112 Å². The summed E-state index contributed by atoms with van der Waals surface area (Å²) in [6, 6.07) is 5.40. The van der Waals surface area contributed by atoms with Gasteiger partial charge >= 0.3 is 0 Å². The van der Waals surface area contributed by atoms with E-state index in [0.29, 0.717) is 36.9 Å². The van der Waals surface area contributed by atoms with Gasteiger partial charge in [-0.25, -0.2) is 0 Å². The lowest BCUT2D eigenvalue weighted by Gasteiger charge is -2.11. The fourth-order valence-electron chi connectivity index (χ4n) is 2.36. The molecule has 1 aromatic carbocycles. The molecule has 19 heavy (non-hydrogen) atoms. The first-order chi connectivity index (χ1) is 9.24. The molecule has 2 N–H and O–H groups in total. The van der Waals surface area contributed by atoms with Crippen molar-refractivity contribution in [3.05, 3.63) is 23.8 Å². The molecule has 4 heteroatoms. The predicted molar refractivity (Wildman–Crippen MR) is 71.7 cm³/mol. The molecule has 0 amide bonds. The van der Waals surface area contributed by atoms with Crippen LogP contribution in [0, 0.1) is 5.92 Å². The lowest BCUT2D eigenvalue weighted by Crippen LogP contribution is -2.25. The second-order valence-electron chi connectivity index (χ2n) is 5.34. The molecule has 102 valence electrons. The lowest BCUT2D eigenvalue weighted by molar-refractivity contribution is 0.0971. The molecular weight excluding hydrogens is 242 g/mol. The molecule has 1 aliphatic carbocycles. The molecule has 2 aliphatic rings. The van der Waals surface area contributed by atoms with Crippen LogP contribution in [0.4, 0.5) is 0 Å². The summed E-state index contributed by atoms with van der Waals surface area (Å²) in [5.41, 5.74) is 6.67. The summed E-state index contributed by atoms with van der Waals surface area (Å²) in [5.74, 6) is 2.03. The van der Waals surface area contributed by atoms with E-state index in [1.165, 1.54) is 0 Å². The average Bonchev–Trinajstić information content (AvgIpc) is 3.24. The number of hydrogen-bond acceptors (Lipinski definition) is 4. The fourth-order valence-corrected chi connectivity index (χ4v) is 2.36. The Morgan fingerprint density at radius 2 is 2.00 bits per heavy atom. The molecule has 4 nitrogen and oxygen atoms in total. The molecule has 0 aromatic heterocycles. The number of fused-ring (bicyclic) bond motifs is 1. The van der Waals surface area contributed by atoms with E-state index in [0.717, 1.165) is 25.0 Å². The Morgan fingerprint density at radius 1 is 1.26 bits per heavy atom. The van der Waals surface area contributed by atoms with Gasteiger partial charge in [0.1, 0.15) is 0 Å². The van der Waals surface area contributed by atoms with Crippen molar-refractivity contribution >= 4 is 5.78 Å². The number of rotatable bonds is 4. The van der Waals surface area contributed by atoms with E-state index in [-0.39, 0.29) is 11.8 Å². The van der Waals surface area contributed by atoms with Crippen LogP contribution >= 0.6 is 0 Å². The number of ketones is 1. The number of carbonyl (C=O) groups excluding carboxylic acids is 1. The van der Waals surface area contributed by atoms with Crippen LogP contribution in [0.25, 0.3) is 0 Å². The van der Waals surface area contributed by atoms with E-state index in [9.17, 15) is 4.79 Å². The molecular formula is C15H19NO3. The number of ether oxygens (including phenoxy) is 2. The summed E-state index contributed by atoms with van der Waals surface area (Å²) >= 11 is 0. The summed E-state index contributed by atoms with van der Waals surface area (Å²) in [5, 5.41) is 0. The van der Waals surface area contributed by atoms with Gasteiger partial charge in [0.2, 0.25) is 0 Å². The van der Waals surface area contributed by atoms with E-state index >= 15 is 0 Å². The van der Waals surface area contributed by atoms with Gasteiger partial charge in [0, 0.05) is 24.4 Å². The maximum absolute atomic E-state index is 12.2. The topological polar surface area (TPSA) is 61.6 Å². The molecule has 1 heterocycles. The summed E-state index contributed by atoms with van der Waals surface area (Å²) in [4.78, 5) is 12.2. The molecule has 1 aromatic rings. The van der Waals surface area contributed by atoms with Gasteiger partial charge in [0.05, 0.1) is 13.2 Å². The van der Waals surface area contributed by atoms with Crippen LogP contribution in [0.15, 0.2) is 18.2 Å². The highest BCUT2D eigenvalue weighted by Gasteiger charge is 2.30. The minimum atomic E-state index is 0.00322. The van der Waals surface area contributed by atoms with Gasteiger partial charge < -0.3 is 15.2 Å². The van der Waals surface area contributed by atoms with Crippen LogP contribution < -0.4 is 15.2 Å². The van der Waals surface area contributed by atoms with E-state index in [2.05, 4.69) is 0 Å². The molecule has 0 radical (unpaired) electrons. The van der Waals surface area contributed by atoms with Crippen molar-refractivity contribution in [3.63, 3.8) is 0 Å². The maximum Gasteiger partial charge on any atom is 0.164 e. The zero-order chi connectivity index (χ0) is 13.2. The third kappa shape index (κ3) is 2.89. The molecule has 0 bridgehead atoms. The molecule has 1 atom stereocenters. The largest absolute Gasteiger partial charge is 0.490 e. The summed E-state index contributed by atoms with van der Waals surface area (Å²) in [6.07, 6.45) is 3.61. The third-order valence-electron chi connectivity index (χ3n) is 3.72. The molecule has 1 saturated carbocycles. The fraction of sp³-hybridized carbons (Fsp3) is 0.533. The number of Topliss-reactive ketones (excluding diaryl/α,β-unsaturated/α-hetero) is 1. The van der Waals surface area contributed by atoms with E-state index < -0.39 is 0 Å². The Morgan fingerprint density at radius 3 is 2.74 bits per heavy atom. The van der Waals surface area contributed by atoms with Gasteiger partial charge in [-0.15, -0.1) is 0 Å². The van der Waals surface area contributed by atoms with Crippen molar-refractivity contribution in [2.24, 2.45) is 11.7 Å². The average molecular weight is 261 g/mol. The highest BCUT2D eigenvalue weighted by atomic mass is 16.5. The van der Waals surface area contributed by atoms with E-state index in [1.807, 2.05) is 6.07 Å². The zero-order valence-corrected chi connectivity index (χ0v) is 10.9. The summed E-state index contributed by atoms with van der Waals surface area (Å²) in [7, 11) is 0. The number of nitrogens with two attached hydrogens (primary N) is 1. The van der Waals surface area contributed by atoms with Crippen molar-refractivity contribution in [2.75, 3.05) is 13.2 Å². The van der Waals surface area contributed by atoms with Gasteiger partial charge in [-0.2, -0.15) is 0 Å². The van der Waals surface area contributed by atoms with Crippen LogP contribution in [-0.4, -0.2) is 25.0 Å². The normalized spacial score (nSPS) is 19.6. The van der Waals surface area contributed by atoms with Gasteiger partial charge in [-0.1, -0.05) is 0 Å². The highest BCUT2D eigenvalue weighted by Crippen LogP contribution is 2.34. The van der Waals surface area contributed by atoms with E-state index in [4.69, 9.17) is 15.2 Å². The van der Waals surface area contributed by atoms with Crippen molar-refractivity contribution in [1.82, 2.24) is 0 Å². The predicted octanol–water partition coefficient (Wildman–Crippen LogP) is 2.16. The van der Waals surface area contributed by atoms with Crippen LogP contribution in [0.1, 0.15) is 36.0 Å². The lowest BCUT2D eigenvalue weighted by atomic mass is 10.0. The molecule has 0 saturated heterocycles. The maximum atomic E-state index is 12.2. The van der Waals surface area contributed by atoms with Gasteiger partial charge in [-0.3, -0.25) is 4.79 Å². The highest BCUT2D eigenvalue weighted by molar-refractivity contribution is 5.97. The Kier molecular flexibility index (Phi) is 3.42. The Hall–Kier alpha value is -1.55. The molecule has 1 unspecified atom stereocenters. The summed E-state index contributed by atoms with van der Waals surface area (Å²) in [6.45, 7) is 1.29. The second-order valence-corrected chi connectivity index (χ2v) is 5.34. The molecule has 1 fully saturated rings. The number of carbonyl (C=O) groups is 1. The number of benzene rings is 1. The van der Waals surface area contributed by atoms with Crippen molar-refractivity contribution in [1.29, 1.82) is 0 Å². The van der Waals surface area contributed by atoms with Gasteiger partial charge in [0.15, 0.2) is 17.3 Å². The smallest absolute Gasteiger partial charge is 0.164 e. The molecule has 1 aliphatic heterocycles. The van der Waals surface area contributed by atoms with Gasteiger partial charge in [0.25, 0.3) is 0 Å². The Bertz CT molecular complexity index is 482. The van der Waals surface area contributed by atoms with Crippen LogP contribution in [0.5, 0.6) is 11.5 Å². The summed E-state index contributed by atoms with van der Waals surface area (Å²) < 4.78 is 11.1. The van der Waals surface area contributed by atoms with Crippen molar-refractivity contribution < 1.29 is 14.3 Å².